The molecule has 2 heterocycles. The maximum Gasteiger partial charge on any atom is 0.233 e. The lowest BCUT2D eigenvalue weighted by Crippen LogP contribution is -2.42. The lowest BCUT2D eigenvalue weighted by atomic mass is 10.2. The Morgan fingerprint density at radius 1 is 1.38 bits per heavy atom. The summed E-state index contributed by atoms with van der Waals surface area (Å²) in [6.07, 6.45) is 1.15. The van der Waals surface area contributed by atoms with Crippen molar-refractivity contribution in [1.82, 2.24) is 15.1 Å². The van der Waals surface area contributed by atoms with Crippen LogP contribution in [0.4, 0.5) is 0 Å². The van der Waals surface area contributed by atoms with E-state index in [4.69, 9.17) is 0 Å². The third-order valence-electron chi connectivity index (χ3n) is 2.18. The number of hydrogen-bond donors (Lipinski definition) is 0. The summed E-state index contributed by atoms with van der Waals surface area (Å²) in [6, 6.07) is 0. The molecule has 88 valence electrons. The molecule has 0 atom stereocenters. The summed E-state index contributed by atoms with van der Waals surface area (Å²) < 4.78 is 1.88. The summed E-state index contributed by atoms with van der Waals surface area (Å²) in [4.78, 5) is 13.5. The summed E-state index contributed by atoms with van der Waals surface area (Å²) in [5.74, 6) is 1.72. The molecule has 2 rings (SSSR count). The van der Waals surface area contributed by atoms with Crippen molar-refractivity contribution in [2.24, 2.45) is 0 Å². The second-order valence-corrected chi connectivity index (χ2v) is 7.00. The topological polar surface area (TPSA) is 46.1 Å². The normalized spacial score (nSPS) is 14.9. The van der Waals surface area contributed by atoms with Crippen LogP contribution in [0.25, 0.3) is 0 Å². The number of aromatic nitrogens is 2. The summed E-state index contributed by atoms with van der Waals surface area (Å²) in [7, 11) is 0. The van der Waals surface area contributed by atoms with Crippen molar-refractivity contribution in [3.63, 3.8) is 0 Å². The lowest BCUT2D eigenvalue weighted by Gasteiger charge is -2.30. The SMILES string of the molecule is CCSc1nnc(SCC(=O)N2CCC2)s1. The molecule has 0 aromatic carbocycles. The summed E-state index contributed by atoms with van der Waals surface area (Å²) in [5.41, 5.74) is 0. The monoisotopic (exact) mass is 275 g/mol. The third kappa shape index (κ3) is 3.11. The first-order valence-electron chi connectivity index (χ1n) is 5.16. The molecular weight excluding hydrogens is 262 g/mol. The Labute approximate surface area is 107 Å². The zero-order valence-electron chi connectivity index (χ0n) is 9.01. The zero-order chi connectivity index (χ0) is 11.4. The predicted octanol–water partition coefficient (Wildman–Crippen LogP) is 1.97. The van der Waals surface area contributed by atoms with Crippen LogP contribution in [0.1, 0.15) is 13.3 Å². The minimum Gasteiger partial charge on any atom is -0.342 e. The highest BCUT2D eigenvalue weighted by Gasteiger charge is 2.20. The van der Waals surface area contributed by atoms with Crippen LogP contribution in [0.5, 0.6) is 0 Å². The highest BCUT2D eigenvalue weighted by Crippen LogP contribution is 2.28. The average molecular weight is 275 g/mol. The fourth-order valence-electron chi connectivity index (χ4n) is 1.22. The Morgan fingerprint density at radius 2 is 2.06 bits per heavy atom. The average Bonchev–Trinajstić information content (AvgIpc) is 2.61. The molecule has 16 heavy (non-hydrogen) atoms. The molecule has 0 radical (unpaired) electrons. The van der Waals surface area contributed by atoms with Crippen LogP contribution >= 0.6 is 34.9 Å². The molecule has 0 spiro atoms. The van der Waals surface area contributed by atoms with Crippen LogP contribution in [-0.4, -0.2) is 45.6 Å². The van der Waals surface area contributed by atoms with Gasteiger partial charge in [0.1, 0.15) is 0 Å². The number of rotatable bonds is 5. The van der Waals surface area contributed by atoms with E-state index < -0.39 is 0 Å². The quantitative estimate of drug-likeness (QED) is 0.769. The van der Waals surface area contributed by atoms with Crippen LogP contribution < -0.4 is 0 Å². The lowest BCUT2D eigenvalue weighted by molar-refractivity contribution is -0.131. The number of likely N-dealkylation sites (tertiary alicyclic amines) is 1. The van der Waals surface area contributed by atoms with Gasteiger partial charge in [-0.15, -0.1) is 10.2 Å². The summed E-state index contributed by atoms with van der Waals surface area (Å²) in [6.45, 7) is 3.94. The van der Waals surface area contributed by atoms with E-state index in [2.05, 4.69) is 17.1 Å². The van der Waals surface area contributed by atoms with Crippen molar-refractivity contribution >= 4 is 40.8 Å². The van der Waals surface area contributed by atoms with Crippen molar-refractivity contribution in [2.45, 2.75) is 22.0 Å². The second-order valence-electron chi connectivity index (χ2n) is 3.29. The highest BCUT2D eigenvalue weighted by atomic mass is 32.2. The molecule has 1 aliphatic rings. The van der Waals surface area contributed by atoms with E-state index in [1.807, 2.05) is 4.90 Å². The van der Waals surface area contributed by atoms with E-state index in [0.29, 0.717) is 5.75 Å². The van der Waals surface area contributed by atoms with Crippen LogP contribution in [-0.2, 0) is 4.79 Å². The molecular formula is C9H13N3OS3. The van der Waals surface area contributed by atoms with Gasteiger partial charge < -0.3 is 4.90 Å². The zero-order valence-corrected chi connectivity index (χ0v) is 11.5. The van der Waals surface area contributed by atoms with Crippen LogP contribution in [0.2, 0.25) is 0 Å². The molecule has 1 aromatic heterocycles. The van der Waals surface area contributed by atoms with Crippen molar-refractivity contribution in [1.29, 1.82) is 0 Å². The van der Waals surface area contributed by atoms with E-state index in [9.17, 15) is 4.79 Å². The Balaban J connectivity index is 1.77. The molecule has 7 heteroatoms. The van der Waals surface area contributed by atoms with Gasteiger partial charge >= 0.3 is 0 Å². The third-order valence-corrected chi connectivity index (χ3v) is 5.24. The molecule has 4 nitrogen and oxygen atoms in total. The van der Waals surface area contributed by atoms with Gasteiger partial charge in [-0.05, 0) is 12.2 Å². The number of carbonyl (C=O) groups excluding carboxylic acids is 1. The summed E-state index contributed by atoms with van der Waals surface area (Å²) in [5, 5.41) is 8.10. The Morgan fingerprint density at radius 3 is 2.62 bits per heavy atom. The molecule has 0 saturated carbocycles. The van der Waals surface area contributed by atoms with E-state index in [0.717, 1.165) is 33.9 Å². The van der Waals surface area contributed by atoms with Crippen LogP contribution in [0, 0.1) is 0 Å². The highest BCUT2D eigenvalue weighted by molar-refractivity contribution is 8.03. The van der Waals surface area contributed by atoms with Crippen molar-refractivity contribution in [3.8, 4) is 0 Å². The molecule has 1 fully saturated rings. The first-order chi connectivity index (χ1) is 7.79. The fraction of sp³-hybridized carbons (Fsp3) is 0.667. The molecule has 1 amide bonds. The number of nitrogens with zero attached hydrogens (tertiary/aromatic N) is 3. The smallest absolute Gasteiger partial charge is 0.233 e. The predicted molar refractivity (Wildman–Crippen MR) is 68.2 cm³/mol. The molecule has 0 bridgehead atoms. The van der Waals surface area contributed by atoms with Gasteiger partial charge in [0, 0.05) is 13.1 Å². The molecule has 1 saturated heterocycles. The first-order valence-corrected chi connectivity index (χ1v) is 7.95. The molecule has 1 aromatic rings. The van der Waals surface area contributed by atoms with E-state index in [1.165, 1.54) is 11.8 Å². The van der Waals surface area contributed by atoms with Gasteiger partial charge in [0.25, 0.3) is 0 Å². The maximum atomic E-state index is 11.6. The van der Waals surface area contributed by atoms with Gasteiger partial charge in [0.05, 0.1) is 5.75 Å². The molecule has 0 unspecified atom stereocenters. The maximum absolute atomic E-state index is 11.6. The van der Waals surface area contributed by atoms with Crippen LogP contribution in [0.15, 0.2) is 8.68 Å². The Kier molecular flexibility index (Phi) is 4.48. The van der Waals surface area contributed by atoms with Gasteiger partial charge in [-0.25, -0.2) is 0 Å². The van der Waals surface area contributed by atoms with E-state index in [-0.39, 0.29) is 5.91 Å². The van der Waals surface area contributed by atoms with Gasteiger partial charge in [-0.1, -0.05) is 41.8 Å². The van der Waals surface area contributed by atoms with Crippen molar-refractivity contribution in [3.05, 3.63) is 0 Å². The van der Waals surface area contributed by atoms with Gasteiger partial charge in [-0.2, -0.15) is 0 Å². The first kappa shape index (κ1) is 12.2. The van der Waals surface area contributed by atoms with Crippen LogP contribution in [0.3, 0.4) is 0 Å². The number of hydrogen-bond acceptors (Lipinski definition) is 6. The molecule has 1 aliphatic heterocycles. The summed E-state index contributed by atoms with van der Waals surface area (Å²) >= 11 is 4.75. The fourth-order valence-corrected chi connectivity index (χ4v) is 4.04. The minimum atomic E-state index is 0.219. The number of carbonyl (C=O) groups is 1. The number of amides is 1. The van der Waals surface area contributed by atoms with E-state index >= 15 is 0 Å². The minimum absolute atomic E-state index is 0.219. The molecule has 0 aliphatic carbocycles. The number of thioether (sulfide) groups is 2. The standard InChI is InChI=1S/C9H13N3OS3/c1-2-14-8-10-11-9(16-8)15-6-7(13)12-4-3-5-12/h2-6H2,1H3. The van der Waals surface area contributed by atoms with Gasteiger partial charge in [0.2, 0.25) is 5.91 Å². The largest absolute Gasteiger partial charge is 0.342 e. The van der Waals surface area contributed by atoms with Gasteiger partial charge in [0.15, 0.2) is 8.68 Å². The Bertz CT molecular complexity index is 365. The van der Waals surface area contributed by atoms with E-state index in [1.54, 1.807) is 23.1 Å². The van der Waals surface area contributed by atoms with Gasteiger partial charge in [-0.3, -0.25) is 4.79 Å². The van der Waals surface area contributed by atoms with Crippen molar-refractivity contribution in [2.75, 3.05) is 24.6 Å². The van der Waals surface area contributed by atoms with Crippen molar-refractivity contribution < 1.29 is 4.79 Å². The Hall–Kier alpha value is -0.270. The second kappa shape index (κ2) is 5.88. The molecule has 0 N–H and O–H groups in total.